The molecule has 0 aliphatic heterocycles. The minimum absolute atomic E-state index is 0.186. The van der Waals surface area contributed by atoms with Crippen molar-refractivity contribution in [3.05, 3.63) is 34.9 Å². The molecule has 1 aromatic carbocycles. The average molecular weight is 260 g/mol. The summed E-state index contributed by atoms with van der Waals surface area (Å²) in [5.41, 5.74) is 4.28. The number of fused-ring (bicyclic) bond motifs is 1. The Kier molecular flexibility index (Phi) is 4.97. The van der Waals surface area contributed by atoms with Crippen molar-refractivity contribution < 1.29 is 4.79 Å². The predicted molar refractivity (Wildman–Crippen MR) is 78.1 cm³/mol. The number of aryl methyl sites for hydroxylation is 2. The van der Waals surface area contributed by atoms with Gasteiger partial charge in [-0.25, -0.2) is 0 Å². The fraction of sp³-hybridized carbons (Fsp3) is 0.562. The lowest BCUT2D eigenvalue weighted by molar-refractivity contribution is -0.129. The van der Waals surface area contributed by atoms with Crippen LogP contribution in [-0.4, -0.2) is 30.4 Å². The quantitative estimate of drug-likeness (QED) is 0.850. The normalized spacial score (nSPS) is 13.4. The third kappa shape index (κ3) is 3.57. The van der Waals surface area contributed by atoms with Gasteiger partial charge in [0.1, 0.15) is 0 Å². The number of rotatable bonds is 6. The second kappa shape index (κ2) is 6.71. The van der Waals surface area contributed by atoms with E-state index >= 15 is 0 Å². The van der Waals surface area contributed by atoms with E-state index in [1.54, 1.807) is 0 Å². The standard InChI is InChI=1S/C16H24N2O/c1-3-18(4-2)16(19)12-17-11-13-8-9-14-6-5-7-15(14)10-13/h8-10,17H,3-7,11-12H2,1-2H3. The van der Waals surface area contributed by atoms with Gasteiger partial charge >= 0.3 is 0 Å². The number of hydrogen-bond acceptors (Lipinski definition) is 2. The van der Waals surface area contributed by atoms with E-state index in [0.29, 0.717) is 6.54 Å². The molecule has 1 aromatic rings. The summed E-state index contributed by atoms with van der Waals surface area (Å²) in [6, 6.07) is 6.71. The maximum atomic E-state index is 11.8. The number of hydrogen-bond donors (Lipinski definition) is 1. The van der Waals surface area contributed by atoms with Crippen LogP contribution in [0, 0.1) is 0 Å². The molecule has 2 rings (SSSR count). The maximum Gasteiger partial charge on any atom is 0.236 e. The Morgan fingerprint density at radius 1 is 1.21 bits per heavy atom. The molecule has 1 amide bonds. The highest BCUT2D eigenvalue weighted by atomic mass is 16.2. The average Bonchev–Trinajstić information content (AvgIpc) is 2.87. The van der Waals surface area contributed by atoms with E-state index in [1.807, 2.05) is 18.7 Å². The predicted octanol–water partition coefficient (Wildman–Crippen LogP) is 2.13. The molecule has 1 aliphatic rings. The molecule has 1 aliphatic carbocycles. The van der Waals surface area contributed by atoms with Crippen molar-refractivity contribution in [1.82, 2.24) is 10.2 Å². The van der Waals surface area contributed by atoms with Crippen LogP contribution >= 0.6 is 0 Å². The van der Waals surface area contributed by atoms with Crippen LogP contribution in [0.5, 0.6) is 0 Å². The Bertz CT molecular complexity index is 438. The lowest BCUT2D eigenvalue weighted by Gasteiger charge is -2.18. The van der Waals surface area contributed by atoms with Crippen LogP contribution in [0.3, 0.4) is 0 Å². The van der Waals surface area contributed by atoms with Gasteiger partial charge in [0, 0.05) is 19.6 Å². The van der Waals surface area contributed by atoms with Gasteiger partial charge in [-0.05, 0) is 49.8 Å². The summed E-state index contributed by atoms with van der Waals surface area (Å²) in [6.07, 6.45) is 3.72. The number of nitrogens with one attached hydrogen (secondary N) is 1. The van der Waals surface area contributed by atoms with Gasteiger partial charge in [0.15, 0.2) is 0 Å². The molecule has 0 unspecified atom stereocenters. The number of carbonyl (C=O) groups excluding carboxylic acids is 1. The molecular formula is C16H24N2O. The van der Waals surface area contributed by atoms with E-state index in [0.717, 1.165) is 19.6 Å². The van der Waals surface area contributed by atoms with E-state index < -0.39 is 0 Å². The third-order valence-electron chi connectivity index (χ3n) is 3.88. The molecule has 3 heteroatoms. The summed E-state index contributed by atoms with van der Waals surface area (Å²) < 4.78 is 0. The van der Waals surface area contributed by atoms with Gasteiger partial charge in [-0.1, -0.05) is 18.2 Å². The van der Waals surface area contributed by atoms with E-state index in [1.165, 1.54) is 36.0 Å². The SMILES string of the molecule is CCN(CC)C(=O)CNCc1ccc2c(c1)CCC2. The molecule has 0 atom stereocenters. The fourth-order valence-electron chi connectivity index (χ4n) is 2.74. The van der Waals surface area contributed by atoms with Gasteiger partial charge in [0.05, 0.1) is 6.54 Å². The first-order chi connectivity index (χ1) is 9.24. The molecule has 0 spiro atoms. The van der Waals surface area contributed by atoms with Crippen molar-refractivity contribution in [3.8, 4) is 0 Å². The first kappa shape index (κ1) is 14.1. The molecule has 0 bridgehead atoms. The second-order valence-electron chi connectivity index (χ2n) is 5.13. The molecule has 0 saturated carbocycles. The molecule has 3 nitrogen and oxygen atoms in total. The Morgan fingerprint density at radius 2 is 1.95 bits per heavy atom. The third-order valence-corrected chi connectivity index (χ3v) is 3.88. The minimum atomic E-state index is 0.186. The smallest absolute Gasteiger partial charge is 0.236 e. The summed E-state index contributed by atoms with van der Waals surface area (Å²) in [5, 5.41) is 3.25. The zero-order chi connectivity index (χ0) is 13.7. The summed E-state index contributed by atoms with van der Waals surface area (Å²) in [4.78, 5) is 13.7. The highest BCUT2D eigenvalue weighted by Gasteiger charge is 2.11. The highest BCUT2D eigenvalue weighted by Crippen LogP contribution is 2.22. The molecule has 104 valence electrons. The van der Waals surface area contributed by atoms with Crippen LogP contribution in [0.2, 0.25) is 0 Å². The number of carbonyl (C=O) groups is 1. The van der Waals surface area contributed by atoms with E-state index in [9.17, 15) is 4.79 Å². The molecule has 1 N–H and O–H groups in total. The van der Waals surface area contributed by atoms with Crippen molar-refractivity contribution in [3.63, 3.8) is 0 Å². The van der Waals surface area contributed by atoms with Crippen LogP contribution in [0.25, 0.3) is 0 Å². The Labute approximate surface area is 116 Å². The van der Waals surface area contributed by atoms with Gasteiger partial charge in [-0.2, -0.15) is 0 Å². The lowest BCUT2D eigenvalue weighted by atomic mass is 10.1. The van der Waals surface area contributed by atoms with E-state index in [2.05, 4.69) is 23.5 Å². The fourth-order valence-corrected chi connectivity index (χ4v) is 2.74. The highest BCUT2D eigenvalue weighted by molar-refractivity contribution is 5.78. The number of benzene rings is 1. The Balaban J connectivity index is 1.81. The number of nitrogens with zero attached hydrogens (tertiary/aromatic N) is 1. The zero-order valence-corrected chi connectivity index (χ0v) is 12.0. The Morgan fingerprint density at radius 3 is 2.68 bits per heavy atom. The van der Waals surface area contributed by atoms with Gasteiger partial charge in [0.2, 0.25) is 5.91 Å². The van der Waals surface area contributed by atoms with Gasteiger partial charge in [0.25, 0.3) is 0 Å². The minimum Gasteiger partial charge on any atom is -0.342 e. The van der Waals surface area contributed by atoms with Crippen molar-refractivity contribution in [2.24, 2.45) is 0 Å². The Hall–Kier alpha value is -1.35. The van der Waals surface area contributed by atoms with Crippen LogP contribution in [0.1, 0.15) is 37.0 Å². The second-order valence-corrected chi connectivity index (χ2v) is 5.13. The molecular weight excluding hydrogens is 236 g/mol. The molecule has 0 aromatic heterocycles. The van der Waals surface area contributed by atoms with Gasteiger partial charge in [-0.3, -0.25) is 4.79 Å². The van der Waals surface area contributed by atoms with Crippen LogP contribution in [0.4, 0.5) is 0 Å². The largest absolute Gasteiger partial charge is 0.342 e. The van der Waals surface area contributed by atoms with Gasteiger partial charge < -0.3 is 10.2 Å². The van der Waals surface area contributed by atoms with Crippen LogP contribution in [0.15, 0.2) is 18.2 Å². The summed E-state index contributed by atoms with van der Waals surface area (Å²) in [5.74, 6) is 0.186. The molecule has 0 heterocycles. The van der Waals surface area contributed by atoms with Crippen LogP contribution < -0.4 is 5.32 Å². The number of likely N-dealkylation sites (N-methyl/N-ethyl adjacent to an activating group) is 1. The lowest BCUT2D eigenvalue weighted by Crippen LogP contribution is -2.37. The molecule has 0 fully saturated rings. The van der Waals surface area contributed by atoms with Crippen molar-refractivity contribution in [2.45, 2.75) is 39.7 Å². The first-order valence-electron chi connectivity index (χ1n) is 7.33. The molecule has 0 radical (unpaired) electrons. The first-order valence-corrected chi connectivity index (χ1v) is 7.33. The summed E-state index contributed by atoms with van der Waals surface area (Å²) in [6.45, 7) is 6.81. The molecule has 19 heavy (non-hydrogen) atoms. The summed E-state index contributed by atoms with van der Waals surface area (Å²) in [7, 11) is 0. The number of amides is 1. The van der Waals surface area contributed by atoms with E-state index in [4.69, 9.17) is 0 Å². The molecule has 0 saturated heterocycles. The van der Waals surface area contributed by atoms with Crippen molar-refractivity contribution in [1.29, 1.82) is 0 Å². The zero-order valence-electron chi connectivity index (χ0n) is 12.0. The topological polar surface area (TPSA) is 32.3 Å². The van der Waals surface area contributed by atoms with Crippen molar-refractivity contribution >= 4 is 5.91 Å². The van der Waals surface area contributed by atoms with Crippen LogP contribution in [-0.2, 0) is 24.2 Å². The summed E-state index contributed by atoms with van der Waals surface area (Å²) >= 11 is 0. The monoisotopic (exact) mass is 260 g/mol. The van der Waals surface area contributed by atoms with Gasteiger partial charge in [-0.15, -0.1) is 0 Å². The maximum absolute atomic E-state index is 11.8. The van der Waals surface area contributed by atoms with Crippen molar-refractivity contribution in [2.75, 3.05) is 19.6 Å². The van der Waals surface area contributed by atoms with E-state index in [-0.39, 0.29) is 5.91 Å².